The Morgan fingerprint density at radius 1 is 0.644 bits per heavy atom. The van der Waals surface area contributed by atoms with Crippen LogP contribution in [0.3, 0.4) is 0 Å². The molecule has 0 amide bonds. The molecular formula is C28H27F9O6S2. The summed E-state index contributed by atoms with van der Waals surface area (Å²) < 4.78 is 153. The van der Waals surface area contributed by atoms with E-state index in [9.17, 15) is 52.5 Å². The molecule has 0 spiro atoms. The third-order valence-electron chi connectivity index (χ3n) is 5.50. The summed E-state index contributed by atoms with van der Waals surface area (Å²) in [6, 6.07) is 25.0. The van der Waals surface area contributed by atoms with Crippen molar-refractivity contribution in [1.29, 1.82) is 0 Å². The summed E-state index contributed by atoms with van der Waals surface area (Å²) in [5, 5.41) is -7.11. The molecule has 3 rings (SSSR count). The molecule has 6 nitrogen and oxygen atoms in total. The van der Waals surface area contributed by atoms with Crippen LogP contribution in [0.25, 0.3) is 0 Å². The van der Waals surface area contributed by atoms with E-state index in [0.29, 0.717) is 19.8 Å². The van der Waals surface area contributed by atoms with Gasteiger partial charge in [0.2, 0.25) is 4.90 Å². The topological polar surface area (TPSA) is 84.9 Å². The number of ether oxygens (including phenoxy) is 3. The maximum atomic E-state index is 12.2. The van der Waals surface area contributed by atoms with Gasteiger partial charge in [-0.15, -0.1) is 0 Å². The number of halogens is 9. The van der Waals surface area contributed by atoms with Crippen LogP contribution in [0.1, 0.15) is 20.8 Å². The second-order valence-corrected chi connectivity index (χ2v) is 12.0. The van der Waals surface area contributed by atoms with Crippen molar-refractivity contribution in [3.63, 3.8) is 0 Å². The smallest absolute Gasteiger partial charge is 0.460 e. The Bertz CT molecular complexity index is 1420. The van der Waals surface area contributed by atoms with Gasteiger partial charge in [-0.2, -0.15) is 39.5 Å². The maximum absolute atomic E-state index is 12.2. The lowest BCUT2D eigenvalue weighted by molar-refractivity contribution is -0.382. The Morgan fingerprint density at radius 2 is 1.02 bits per heavy atom. The van der Waals surface area contributed by atoms with Gasteiger partial charge in [0, 0.05) is 12.1 Å². The molecule has 0 aliphatic rings. The van der Waals surface area contributed by atoms with Gasteiger partial charge in [0.1, 0.15) is 16.6 Å². The zero-order valence-electron chi connectivity index (χ0n) is 23.7. The van der Waals surface area contributed by atoms with Crippen molar-refractivity contribution in [2.45, 2.75) is 58.7 Å². The molecule has 0 bridgehead atoms. The average Bonchev–Trinajstić information content (AvgIpc) is 2.95. The first-order valence-electron chi connectivity index (χ1n) is 12.8. The highest BCUT2D eigenvalue weighted by Gasteiger charge is 2.83. The van der Waals surface area contributed by atoms with Crippen molar-refractivity contribution >= 4 is 21.0 Å². The molecule has 0 fully saturated rings. The fourth-order valence-electron chi connectivity index (χ4n) is 3.53. The van der Waals surface area contributed by atoms with E-state index in [0.717, 1.165) is 22.1 Å². The molecule has 17 heteroatoms. The van der Waals surface area contributed by atoms with Gasteiger partial charge < -0.3 is 18.8 Å². The van der Waals surface area contributed by atoms with Gasteiger partial charge in [0.15, 0.2) is 31.4 Å². The van der Waals surface area contributed by atoms with Crippen LogP contribution in [0.4, 0.5) is 39.5 Å². The van der Waals surface area contributed by atoms with Crippen LogP contribution in [0.5, 0.6) is 17.2 Å². The zero-order chi connectivity index (χ0) is 34.3. The van der Waals surface area contributed by atoms with Crippen LogP contribution in [0, 0.1) is 0 Å². The van der Waals surface area contributed by atoms with Crippen LogP contribution in [0.2, 0.25) is 0 Å². The van der Waals surface area contributed by atoms with Gasteiger partial charge in [0.25, 0.3) is 0 Å². The van der Waals surface area contributed by atoms with Crippen LogP contribution < -0.4 is 14.2 Å². The molecule has 250 valence electrons. The first kappa shape index (κ1) is 37.9. The van der Waals surface area contributed by atoms with Crippen molar-refractivity contribution in [3.8, 4) is 17.2 Å². The largest absolute Gasteiger partial charge is 0.743 e. The molecule has 0 aliphatic carbocycles. The molecule has 0 heterocycles. The van der Waals surface area contributed by atoms with Gasteiger partial charge in [0.05, 0.1) is 19.8 Å². The number of rotatable bonds is 12. The molecule has 0 atom stereocenters. The van der Waals surface area contributed by atoms with Crippen LogP contribution in [0.15, 0.2) is 87.5 Å². The minimum Gasteiger partial charge on any atom is -0.743 e. The summed E-state index contributed by atoms with van der Waals surface area (Å²) in [7, 11) is -7.78. The Balaban J connectivity index is 0.000000358. The second kappa shape index (κ2) is 14.9. The summed E-state index contributed by atoms with van der Waals surface area (Å²) in [5.74, 6) is -12.4. The summed E-state index contributed by atoms with van der Waals surface area (Å²) >= 11 is 0. The highest BCUT2D eigenvalue weighted by Crippen LogP contribution is 2.54. The van der Waals surface area contributed by atoms with E-state index < -0.39 is 33.4 Å². The summed E-state index contributed by atoms with van der Waals surface area (Å²) in [4.78, 5) is 3.50. The molecule has 3 aromatic carbocycles. The van der Waals surface area contributed by atoms with Crippen molar-refractivity contribution in [2.75, 3.05) is 19.8 Å². The lowest BCUT2D eigenvalue weighted by Gasteiger charge is -2.34. The van der Waals surface area contributed by atoms with Crippen LogP contribution in [-0.2, 0) is 21.0 Å². The summed E-state index contributed by atoms with van der Waals surface area (Å²) in [6.07, 6.45) is -7.16. The number of alkyl halides is 9. The molecular weight excluding hydrogens is 667 g/mol. The van der Waals surface area contributed by atoms with E-state index >= 15 is 0 Å². The second-order valence-electron chi connectivity index (χ2n) is 8.60. The standard InChI is InChI=1S/C24H27O3S.C4HF9O3S/c1-4-25-19-17-22(26-5-2)24(23(18-19)27-6-3)28(20-13-9-7-10-14-20)21-15-11-8-12-16-21;5-1(6,3(9,10)11)2(7,8)4(12,13)17(14,15)16/h7-18H,4-6H2,1-3H3;(H,14,15,16)/q+1;/p-1. The quantitative estimate of drug-likeness (QED) is 0.109. The molecule has 0 radical (unpaired) electrons. The highest BCUT2D eigenvalue weighted by atomic mass is 32.2. The van der Waals surface area contributed by atoms with Gasteiger partial charge in [-0.25, -0.2) is 8.42 Å². The summed E-state index contributed by atoms with van der Waals surface area (Å²) in [5.41, 5.74) is 0. The molecule has 0 aliphatic heterocycles. The Morgan fingerprint density at radius 3 is 1.33 bits per heavy atom. The van der Waals surface area contributed by atoms with Gasteiger partial charge in [-0.3, -0.25) is 0 Å². The SMILES string of the molecule is CCOc1cc(OCC)c([S+](c2ccccc2)c2ccccc2)c(OCC)c1.O=S(=O)([O-])C(F)(F)C(F)(F)C(F)(F)C(F)(F)F. The van der Waals surface area contributed by atoms with Crippen molar-refractivity contribution < 1.29 is 66.7 Å². The van der Waals surface area contributed by atoms with E-state index in [1.807, 2.05) is 45.0 Å². The Kier molecular flexibility index (Phi) is 12.5. The third-order valence-corrected chi connectivity index (χ3v) is 8.68. The third kappa shape index (κ3) is 8.30. The molecule has 0 saturated heterocycles. The zero-order valence-corrected chi connectivity index (χ0v) is 25.4. The van der Waals surface area contributed by atoms with E-state index in [-0.39, 0.29) is 10.9 Å². The van der Waals surface area contributed by atoms with Crippen molar-refractivity contribution in [3.05, 3.63) is 72.8 Å². The fraction of sp³-hybridized carbons (Fsp3) is 0.357. The first-order chi connectivity index (χ1) is 20.8. The lowest BCUT2D eigenvalue weighted by atomic mass is 10.1. The van der Waals surface area contributed by atoms with Crippen LogP contribution in [-0.4, -0.2) is 56.1 Å². The fourth-order valence-corrected chi connectivity index (χ4v) is 6.21. The van der Waals surface area contributed by atoms with Crippen molar-refractivity contribution in [2.24, 2.45) is 0 Å². The van der Waals surface area contributed by atoms with E-state index in [1.165, 1.54) is 9.79 Å². The van der Waals surface area contributed by atoms with E-state index in [2.05, 4.69) is 48.5 Å². The summed E-state index contributed by atoms with van der Waals surface area (Å²) in [6.45, 7) is 7.73. The van der Waals surface area contributed by atoms with Crippen LogP contribution >= 0.6 is 0 Å². The number of hydrogen-bond donors (Lipinski definition) is 0. The normalized spacial score (nSPS) is 12.8. The lowest BCUT2D eigenvalue weighted by Crippen LogP contribution is -2.63. The van der Waals surface area contributed by atoms with Crippen molar-refractivity contribution in [1.82, 2.24) is 0 Å². The monoisotopic (exact) mass is 694 g/mol. The first-order valence-corrected chi connectivity index (χ1v) is 15.5. The van der Waals surface area contributed by atoms with Gasteiger partial charge >= 0.3 is 23.3 Å². The molecule has 45 heavy (non-hydrogen) atoms. The predicted octanol–water partition coefficient (Wildman–Crippen LogP) is 7.94. The van der Waals surface area contributed by atoms with E-state index in [4.69, 9.17) is 14.2 Å². The predicted molar refractivity (Wildman–Crippen MR) is 146 cm³/mol. The Labute approximate surface area is 256 Å². The highest BCUT2D eigenvalue weighted by molar-refractivity contribution is 7.97. The molecule has 3 aromatic rings. The van der Waals surface area contributed by atoms with Gasteiger partial charge in [-0.1, -0.05) is 36.4 Å². The average molecular weight is 695 g/mol. The van der Waals surface area contributed by atoms with E-state index in [1.54, 1.807) is 0 Å². The maximum Gasteiger partial charge on any atom is 0.460 e. The van der Waals surface area contributed by atoms with Gasteiger partial charge in [-0.05, 0) is 45.0 Å². The minimum atomic E-state index is -7.43. The molecule has 0 N–H and O–H groups in total. The minimum absolute atomic E-state index is 0.358. The number of hydrogen-bond acceptors (Lipinski definition) is 6. The number of benzene rings is 3. The molecule has 0 saturated carbocycles. The Hall–Kier alpha value is -3.31. The molecule has 0 unspecified atom stereocenters. The molecule has 0 aromatic heterocycles.